The molecule has 3 aromatic rings. The monoisotopic (exact) mass is 390 g/mol. The number of aryl methyl sites for hydroxylation is 1. The van der Waals surface area contributed by atoms with E-state index in [9.17, 15) is 9.59 Å². The fraction of sp³-hybridized carbons (Fsp3) is 0.167. The second-order valence-corrected chi connectivity index (χ2v) is 6.59. The van der Waals surface area contributed by atoms with Gasteiger partial charge in [-0.15, -0.1) is 0 Å². The van der Waals surface area contributed by atoms with Gasteiger partial charge in [-0.1, -0.05) is 35.9 Å². The van der Waals surface area contributed by atoms with Crippen LogP contribution in [-0.2, 0) is 16.1 Å². The number of methoxy groups -OCH3 is 1. The summed E-state index contributed by atoms with van der Waals surface area (Å²) in [6, 6.07) is 20.1. The number of carbonyl (C=O) groups excluding carboxylic acids is 2. The second-order valence-electron chi connectivity index (χ2n) is 6.59. The highest BCUT2D eigenvalue weighted by molar-refractivity contribution is 5.90. The first-order valence-electron chi connectivity index (χ1n) is 9.16. The molecule has 0 unspecified atom stereocenters. The predicted octanol–water partition coefficient (Wildman–Crippen LogP) is 4.95. The van der Waals surface area contributed by atoms with Crippen LogP contribution >= 0.6 is 0 Å². The van der Waals surface area contributed by atoms with Crippen molar-refractivity contribution in [2.75, 3.05) is 7.11 Å². The quantitative estimate of drug-likeness (QED) is 0.440. The van der Waals surface area contributed by atoms with Crippen LogP contribution < -0.4 is 9.47 Å². The Hall–Kier alpha value is -3.60. The standard InChI is InChI=1S/C24H22O5/c1-16-4-13-23(27-3)21(14-16)15-28-24(26)20-7-5-18(6-8-20)19-9-11-22(12-10-19)29-17(2)25/h4-14H,15H2,1-3H3. The lowest BCUT2D eigenvalue weighted by Gasteiger charge is -2.10. The molecule has 0 aliphatic carbocycles. The van der Waals surface area contributed by atoms with Crippen molar-refractivity contribution in [1.82, 2.24) is 0 Å². The maximum Gasteiger partial charge on any atom is 0.338 e. The minimum Gasteiger partial charge on any atom is -0.496 e. The molecule has 0 N–H and O–H groups in total. The number of hydrogen-bond acceptors (Lipinski definition) is 5. The Kier molecular flexibility index (Phi) is 6.29. The average Bonchev–Trinajstić information content (AvgIpc) is 2.72. The molecule has 5 nitrogen and oxygen atoms in total. The number of rotatable bonds is 6. The lowest BCUT2D eigenvalue weighted by atomic mass is 10.0. The fourth-order valence-corrected chi connectivity index (χ4v) is 2.93. The third-order valence-electron chi connectivity index (χ3n) is 4.36. The van der Waals surface area contributed by atoms with Crippen LogP contribution in [0.5, 0.6) is 11.5 Å². The number of carbonyl (C=O) groups is 2. The Morgan fingerprint density at radius 2 is 1.48 bits per heavy atom. The first-order chi connectivity index (χ1) is 14.0. The van der Waals surface area contributed by atoms with Gasteiger partial charge in [-0.05, 0) is 54.4 Å². The van der Waals surface area contributed by atoms with E-state index in [0.717, 1.165) is 22.3 Å². The van der Waals surface area contributed by atoms with E-state index in [0.29, 0.717) is 17.1 Å². The molecule has 3 rings (SSSR count). The van der Waals surface area contributed by atoms with E-state index in [-0.39, 0.29) is 12.6 Å². The highest BCUT2D eigenvalue weighted by Gasteiger charge is 2.11. The summed E-state index contributed by atoms with van der Waals surface area (Å²) in [6.45, 7) is 3.48. The van der Waals surface area contributed by atoms with Crippen molar-refractivity contribution in [1.29, 1.82) is 0 Å². The Bertz CT molecular complexity index is 1000. The third kappa shape index (κ3) is 5.23. The highest BCUT2D eigenvalue weighted by atomic mass is 16.5. The molecule has 0 aliphatic heterocycles. The van der Waals surface area contributed by atoms with Crippen LogP contribution in [0, 0.1) is 6.92 Å². The zero-order valence-corrected chi connectivity index (χ0v) is 16.6. The van der Waals surface area contributed by atoms with Crippen molar-refractivity contribution in [3.05, 3.63) is 83.4 Å². The largest absolute Gasteiger partial charge is 0.496 e. The molecule has 0 aromatic heterocycles. The number of hydrogen-bond donors (Lipinski definition) is 0. The SMILES string of the molecule is COc1ccc(C)cc1COC(=O)c1ccc(-c2ccc(OC(C)=O)cc2)cc1. The van der Waals surface area contributed by atoms with E-state index in [1.54, 1.807) is 31.4 Å². The molecular weight excluding hydrogens is 368 g/mol. The van der Waals surface area contributed by atoms with Crippen molar-refractivity contribution in [3.63, 3.8) is 0 Å². The first-order valence-corrected chi connectivity index (χ1v) is 9.16. The number of ether oxygens (including phenoxy) is 3. The molecule has 0 spiro atoms. The summed E-state index contributed by atoms with van der Waals surface area (Å²) in [5.74, 6) is 0.429. The molecule has 3 aromatic carbocycles. The molecule has 0 saturated carbocycles. The van der Waals surface area contributed by atoms with Gasteiger partial charge in [0.25, 0.3) is 0 Å². The lowest BCUT2D eigenvalue weighted by molar-refractivity contribution is -0.131. The maximum atomic E-state index is 12.4. The summed E-state index contributed by atoms with van der Waals surface area (Å²) in [5.41, 5.74) is 4.25. The van der Waals surface area contributed by atoms with E-state index in [1.807, 2.05) is 49.4 Å². The summed E-state index contributed by atoms with van der Waals surface area (Å²) in [7, 11) is 1.59. The zero-order chi connectivity index (χ0) is 20.8. The molecular formula is C24H22O5. The normalized spacial score (nSPS) is 10.3. The van der Waals surface area contributed by atoms with Crippen LogP contribution in [0.1, 0.15) is 28.4 Å². The van der Waals surface area contributed by atoms with Crippen molar-refractivity contribution in [3.8, 4) is 22.6 Å². The van der Waals surface area contributed by atoms with Gasteiger partial charge < -0.3 is 14.2 Å². The van der Waals surface area contributed by atoms with Crippen LogP contribution in [0.4, 0.5) is 0 Å². The van der Waals surface area contributed by atoms with Crippen LogP contribution in [0.15, 0.2) is 66.7 Å². The summed E-state index contributed by atoms with van der Waals surface area (Å²) < 4.78 is 15.8. The molecule has 0 fully saturated rings. The third-order valence-corrected chi connectivity index (χ3v) is 4.36. The smallest absolute Gasteiger partial charge is 0.338 e. The van der Waals surface area contributed by atoms with Gasteiger partial charge in [-0.3, -0.25) is 4.79 Å². The number of benzene rings is 3. The number of esters is 2. The van der Waals surface area contributed by atoms with Crippen molar-refractivity contribution < 1.29 is 23.8 Å². The van der Waals surface area contributed by atoms with Gasteiger partial charge >= 0.3 is 11.9 Å². The van der Waals surface area contributed by atoms with Gasteiger partial charge in [-0.25, -0.2) is 4.79 Å². The second kappa shape index (κ2) is 9.06. The maximum absolute atomic E-state index is 12.4. The Morgan fingerprint density at radius 3 is 2.07 bits per heavy atom. The first kappa shape index (κ1) is 20.1. The summed E-state index contributed by atoms with van der Waals surface area (Å²) in [6.07, 6.45) is 0. The molecule has 0 aliphatic rings. The highest BCUT2D eigenvalue weighted by Crippen LogP contribution is 2.24. The Balaban J connectivity index is 1.66. The minimum atomic E-state index is -0.398. The zero-order valence-electron chi connectivity index (χ0n) is 16.6. The van der Waals surface area contributed by atoms with E-state index in [1.165, 1.54) is 6.92 Å². The molecule has 0 atom stereocenters. The average molecular weight is 390 g/mol. The van der Waals surface area contributed by atoms with E-state index >= 15 is 0 Å². The van der Waals surface area contributed by atoms with Crippen molar-refractivity contribution in [2.24, 2.45) is 0 Å². The summed E-state index contributed by atoms with van der Waals surface area (Å²) >= 11 is 0. The van der Waals surface area contributed by atoms with Gasteiger partial charge in [0.1, 0.15) is 18.1 Å². The summed E-state index contributed by atoms with van der Waals surface area (Å²) in [4.78, 5) is 23.4. The van der Waals surface area contributed by atoms with Gasteiger partial charge in [0.05, 0.1) is 12.7 Å². The summed E-state index contributed by atoms with van der Waals surface area (Å²) in [5, 5.41) is 0. The van der Waals surface area contributed by atoms with E-state index in [4.69, 9.17) is 14.2 Å². The Morgan fingerprint density at radius 1 is 0.862 bits per heavy atom. The van der Waals surface area contributed by atoms with Crippen molar-refractivity contribution in [2.45, 2.75) is 20.5 Å². The van der Waals surface area contributed by atoms with Crippen molar-refractivity contribution >= 4 is 11.9 Å². The van der Waals surface area contributed by atoms with E-state index in [2.05, 4.69) is 0 Å². The molecule has 0 radical (unpaired) electrons. The van der Waals surface area contributed by atoms with Crippen LogP contribution in [0.3, 0.4) is 0 Å². The predicted molar refractivity (Wildman–Crippen MR) is 110 cm³/mol. The van der Waals surface area contributed by atoms with Gasteiger partial charge in [0, 0.05) is 12.5 Å². The molecule has 5 heteroatoms. The molecule has 148 valence electrons. The van der Waals surface area contributed by atoms with E-state index < -0.39 is 5.97 Å². The molecule has 0 bridgehead atoms. The molecule has 29 heavy (non-hydrogen) atoms. The molecule has 0 amide bonds. The topological polar surface area (TPSA) is 61.8 Å². The van der Waals surface area contributed by atoms with Gasteiger partial charge in [-0.2, -0.15) is 0 Å². The van der Waals surface area contributed by atoms with Gasteiger partial charge in [0.2, 0.25) is 0 Å². The molecule has 0 heterocycles. The molecule has 0 saturated heterocycles. The lowest BCUT2D eigenvalue weighted by Crippen LogP contribution is -2.06. The van der Waals surface area contributed by atoms with Crippen LogP contribution in [0.25, 0.3) is 11.1 Å². The fourth-order valence-electron chi connectivity index (χ4n) is 2.93. The minimum absolute atomic E-state index is 0.142. The van der Waals surface area contributed by atoms with Gasteiger partial charge in [0.15, 0.2) is 0 Å². The Labute approximate surface area is 169 Å². The van der Waals surface area contributed by atoms with Crippen LogP contribution in [-0.4, -0.2) is 19.0 Å². The van der Waals surface area contributed by atoms with Crippen LogP contribution in [0.2, 0.25) is 0 Å².